The summed E-state index contributed by atoms with van der Waals surface area (Å²) in [6, 6.07) is 0. The van der Waals surface area contributed by atoms with Crippen LogP contribution >= 0.6 is 0 Å². The van der Waals surface area contributed by atoms with E-state index < -0.39 is 43.1 Å². The van der Waals surface area contributed by atoms with E-state index in [2.05, 4.69) is 6.92 Å². The second-order valence-corrected chi connectivity index (χ2v) is 9.90. The second-order valence-electron chi connectivity index (χ2n) is 9.90. The molecule has 8 atom stereocenters. The van der Waals surface area contributed by atoms with Gasteiger partial charge < -0.3 is 9.84 Å². The third-order valence-electron chi connectivity index (χ3n) is 9.03. The van der Waals surface area contributed by atoms with Crippen molar-refractivity contribution in [3.05, 3.63) is 0 Å². The van der Waals surface area contributed by atoms with Crippen LogP contribution in [0.25, 0.3) is 0 Å². The molecule has 26 heavy (non-hydrogen) atoms. The molecule has 0 amide bonds. The predicted octanol–water partition coefficient (Wildman–Crippen LogP) is 4.61. The smallest absolute Gasteiger partial charge is 0.133 e. The molecule has 0 unspecified atom stereocenters. The van der Waals surface area contributed by atoms with Crippen molar-refractivity contribution in [2.75, 3.05) is 13.6 Å². The van der Waals surface area contributed by atoms with E-state index in [1.165, 1.54) is 0 Å². The minimum atomic E-state index is -2.96. The van der Waals surface area contributed by atoms with E-state index >= 15 is 0 Å². The van der Waals surface area contributed by atoms with E-state index in [0.717, 1.165) is 19.3 Å². The van der Waals surface area contributed by atoms with E-state index in [9.17, 15) is 9.90 Å². The summed E-state index contributed by atoms with van der Waals surface area (Å²) in [4.78, 5) is 12.9. The number of aliphatic hydroxyl groups is 1. The largest absolute Gasteiger partial charge is 0.387 e. The molecule has 4 aliphatic carbocycles. The van der Waals surface area contributed by atoms with E-state index in [1.54, 1.807) is 0 Å². The highest BCUT2D eigenvalue weighted by Crippen LogP contribution is 2.68. The third-order valence-corrected chi connectivity index (χ3v) is 9.03. The highest BCUT2D eigenvalue weighted by Gasteiger charge is 2.61. The first-order valence-corrected chi connectivity index (χ1v) is 10.2. The van der Waals surface area contributed by atoms with Crippen molar-refractivity contribution in [3.63, 3.8) is 0 Å². The number of hydrogen-bond donors (Lipinski definition) is 1. The quantitative estimate of drug-likeness (QED) is 0.788. The monoisotopic (exact) mass is 371 g/mol. The van der Waals surface area contributed by atoms with Crippen LogP contribution in [0.3, 0.4) is 0 Å². The lowest BCUT2D eigenvalue weighted by molar-refractivity contribution is -0.163. The zero-order chi connectivity index (χ0) is 26.5. The van der Waals surface area contributed by atoms with Crippen LogP contribution in [0.15, 0.2) is 0 Å². The minimum absolute atomic E-state index is 0.00620. The fourth-order valence-electron chi connectivity index (χ4n) is 7.62. The van der Waals surface area contributed by atoms with Gasteiger partial charge in [-0.25, -0.2) is 0 Å². The number of hydrogen-bond acceptors (Lipinski definition) is 3. The number of rotatable bonds is 3. The van der Waals surface area contributed by atoms with Crippen molar-refractivity contribution in [3.8, 4) is 0 Å². The summed E-state index contributed by atoms with van der Waals surface area (Å²) < 4.78 is 75.1. The highest BCUT2D eigenvalue weighted by molar-refractivity contribution is 5.79. The van der Waals surface area contributed by atoms with Crippen LogP contribution in [0.5, 0.6) is 0 Å². The van der Waals surface area contributed by atoms with Crippen LogP contribution in [0.4, 0.5) is 0 Å². The van der Waals surface area contributed by atoms with Gasteiger partial charge in [0.25, 0.3) is 0 Å². The Labute approximate surface area is 171 Å². The molecule has 4 saturated carbocycles. The molecule has 4 fully saturated rings. The van der Waals surface area contributed by atoms with Gasteiger partial charge in [-0.2, -0.15) is 0 Å². The van der Waals surface area contributed by atoms with Crippen molar-refractivity contribution in [2.45, 2.75) is 84.1 Å². The molecule has 0 saturated heterocycles. The second kappa shape index (κ2) is 6.30. The molecule has 3 heteroatoms. The Morgan fingerprint density at radius 2 is 1.96 bits per heavy atom. The van der Waals surface area contributed by atoms with Gasteiger partial charge in [-0.15, -0.1) is 0 Å². The van der Waals surface area contributed by atoms with Gasteiger partial charge in [-0.05, 0) is 99.1 Å². The first-order chi connectivity index (χ1) is 15.7. The van der Waals surface area contributed by atoms with Crippen molar-refractivity contribution >= 4 is 5.78 Å². The molecular formula is C23H38O3. The van der Waals surface area contributed by atoms with Crippen LogP contribution in [-0.2, 0) is 9.53 Å². The number of methoxy groups -OCH3 is 1. The highest BCUT2D eigenvalue weighted by atomic mass is 16.5. The van der Waals surface area contributed by atoms with E-state index in [1.807, 2.05) is 6.92 Å². The zero-order valence-electron chi connectivity index (χ0n) is 24.9. The Balaban J connectivity index is 1.57. The Bertz CT molecular complexity index is 873. The first kappa shape index (κ1) is 11.0. The number of carbonyl (C=O) groups is 1. The summed E-state index contributed by atoms with van der Waals surface area (Å²) in [5, 5.41) is 11.2. The van der Waals surface area contributed by atoms with Gasteiger partial charge in [0, 0.05) is 18.4 Å². The lowest BCUT2D eigenvalue weighted by Crippen LogP contribution is -2.56. The molecule has 0 aliphatic heterocycles. The van der Waals surface area contributed by atoms with E-state index in [0.29, 0.717) is 19.3 Å². The normalized spacial score (nSPS) is 63.0. The van der Waals surface area contributed by atoms with Crippen molar-refractivity contribution in [2.24, 2.45) is 40.4 Å². The maximum absolute atomic E-state index is 12.9. The Morgan fingerprint density at radius 1 is 1.15 bits per heavy atom. The molecule has 4 rings (SSSR count). The van der Waals surface area contributed by atoms with E-state index in [4.69, 9.17) is 17.1 Å². The predicted molar refractivity (Wildman–Crippen MR) is 103 cm³/mol. The first-order valence-electron chi connectivity index (χ1n) is 14.7. The number of Topliss-reactive ketones (excluding diaryl/α,β-unsaturated/α-hetero) is 1. The summed E-state index contributed by atoms with van der Waals surface area (Å²) in [5.41, 5.74) is -2.77. The molecule has 0 spiro atoms. The van der Waals surface area contributed by atoms with Crippen LogP contribution in [0.2, 0.25) is 0 Å². The number of ketones is 1. The van der Waals surface area contributed by atoms with E-state index in [-0.39, 0.29) is 48.3 Å². The van der Waals surface area contributed by atoms with Crippen molar-refractivity contribution in [1.82, 2.24) is 0 Å². The molecule has 0 aromatic heterocycles. The molecule has 148 valence electrons. The average molecular weight is 372 g/mol. The van der Waals surface area contributed by atoms with Gasteiger partial charge in [0.2, 0.25) is 0 Å². The van der Waals surface area contributed by atoms with Gasteiger partial charge >= 0.3 is 0 Å². The van der Waals surface area contributed by atoms with Crippen LogP contribution in [0.1, 0.15) is 90.8 Å². The summed E-state index contributed by atoms with van der Waals surface area (Å²) in [7, 11) is -2.96. The SMILES string of the molecule is [2H]C([2H])([2H])OC([2H])([2H])[C@@]1(O)CC[C@@]2(C)[C@@H](CC[C@@H]3[C@@H]2CC[C@@]2(C)[C@H]3CC[C@]2([2H])C(=O)C([2H])([2H])[2H])C1. The number of ether oxygens (including phenoxy) is 1. The summed E-state index contributed by atoms with van der Waals surface area (Å²) in [5.74, 6) is -1.97. The molecule has 0 aromatic rings. The minimum Gasteiger partial charge on any atom is -0.387 e. The fourth-order valence-corrected chi connectivity index (χ4v) is 7.62. The zero-order valence-corrected chi connectivity index (χ0v) is 15.9. The average Bonchev–Trinajstić information content (AvgIpc) is 2.97. The fraction of sp³-hybridized carbons (Fsp3) is 0.957. The summed E-state index contributed by atoms with van der Waals surface area (Å²) >= 11 is 0. The number of carbonyl (C=O) groups excluding carboxylic acids is 1. The molecule has 0 heterocycles. The van der Waals surface area contributed by atoms with Crippen molar-refractivity contribution in [1.29, 1.82) is 0 Å². The molecule has 1 N–H and O–H groups in total. The molecule has 3 nitrogen and oxygen atoms in total. The third kappa shape index (κ3) is 2.64. The van der Waals surface area contributed by atoms with Crippen LogP contribution < -0.4 is 0 Å². The molecular weight excluding hydrogens is 324 g/mol. The molecule has 4 aliphatic rings. The molecule has 0 radical (unpaired) electrons. The lowest BCUT2D eigenvalue weighted by Gasteiger charge is -2.62. The lowest BCUT2D eigenvalue weighted by atomic mass is 9.44. The van der Waals surface area contributed by atoms with Gasteiger partial charge in [-0.1, -0.05) is 13.8 Å². The molecule has 0 bridgehead atoms. The number of fused-ring (bicyclic) bond motifs is 5. The summed E-state index contributed by atoms with van der Waals surface area (Å²) in [6.07, 6.45) is 4.56. The topological polar surface area (TPSA) is 46.5 Å². The summed E-state index contributed by atoms with van der Waals surface area (Å²) in [6.45, 7) is -1.36. The van der Waals surface area contributed by atoms with Gasteiger partial charge in [-0.3, -0.25) is 4.79 Å². The van der Waals surface area contributed by atoms with Crippen molar-refractivity contribution < 1.29 is 27.0 Å². The van der Waals surface area contributed by atoms with Crippen LogP contribution in [-0.4, -0.2) is 30.1 Å². The standard InChI is InChI=1S/C23H38O3/c1-15(24)18-7-8-19-17-6-5-16-13-23(25,14-26-4)12-11-21(16,2)20(17)9-10-22(18,19)3/h16-20,25H,5-14H2,1-4H3/t16-,17-,18+,19-,20-,21-,22+,23+/m0/s1/i1D3,4D3,14D2,18D. The van der Waals surface area contributed by atoms with Gasteiger partial charge in [0.15, 0.2) is 0 Å². The Kier molecular flexibility index (Phi) is 2.66. The van der Waals surface area contributed by atoms with Gasteiger partial charge in [0.1, 0.15) is 5.78 Å². The van der Waals surface area contributed by atoms with Crippen LogP contribution in [0, 0.1) is 40.4 Å². The Morgan fingerprint density at radius 3 is 2.73 bits per heavy atom. The Hall–Kier alpha value is -0.410. The maximum atomic E-state index is 12.9. The molecule has 0 aromatic carbocycles. The van der Waals surface area contributed by atoms with Gasteiger partial charge in [0.05, 0.1) is 19.0 Å². The maximum Gasteiger partial charge on any atom is 0.133 e.